The quantitative estimate of drug-likeness (QED) is 0.806. The van der Waals surface area contributed by atoms with Crippen LogP contribution in [0, 0.1) is 5.92 Å². The van der Waals surface area contributed by atoms with Gasteiger partial charge >= 0.3 is 0 Å². The Morgan fingerprint density at radius 1 is 1.20 bits per heavy atom. The topological polar surface area (TPSA) is 72.4 Å². The Morgan fingerprint density at radius 3 is 2.80 bits per heavy atom. The Kier molecular flexibility index (Phi) is 4.21. The molecule has 1 atom stereocenters. The number of ether oxygens (including phenoxy) is 1. The first kappa shape index (κ1) is 16.5. The van der Waals surface area contributed by atoms with Gasteiger partial charge in [0.15, 0.2) is 9.84 Å². The van der Waals surface area contributed by atoms with Gasteiger partial charge in [-0.2, -0.15) is 0 Å². The van der Waals surface area contributed by atoms with Crippen LogP contribution in [0.25, 0.3) is 0 Å². The lowest BCUT2D eigenvalue weighted by molar-refractivity contribution is 0.0581. The highest BCUT2D eigenvalue weighted by atomic mass is 32.2. The van der Waals surface area contributed by atoms with Gasteiger partial charge in [-0.25, -0.2) is 13.4 Å². The number of aromatic nitrogens is 2. The van der Waals surface area contributed by atoms with Crippen LogP contribution in [0.3, 0.4) is 0 Å². The molecule has 25 heavy (non-hydrogen) atoms. The standard InChI is InChI=1S/C18H21N3O3S/c22-25(23)9-6-16(12-24-17-5-1-2-8-20-17)18(25)13-21(14-18)11-15-4-3-7-19-10-15/h1-5,7-8,10,16H,6,9,11-14H2/t16-/m0/s1. The number of hydrogen-bond donors (Lipinski definition) is 0. The van der Waals surface area contributed by atoms with Crippen LogP contribution in [-0.4, -0.2) is 53.5 Å². The molecule has 0 radical (unpaired) electrons. The molecule has 0 N–H and O–H groups in total. The second-order valence-electron chi connectivity index (χ2n) is 6.85. The SMILES string of the molecule is O=S1(=O)CC[C@@H](COc2ccccn2)C12CN(Cc1cccnc1)C2. The zero-order valence-corrected chi connectivity index (χ0v) is 14.7. The number of pyridine rings is 2. The number of nitrogens with zero attached hydrogens (tertiary/aromatic N) is 3. The molecule has 1 spiro atoms. The molecular weight excluding hydrogens is 338 g/mol. The normalized spacial score (nSPS) is 24.1. The van der Waals surface area contributed by atoms with Crippen molar-refractivity contribution in [3.8, 4) is 5.88 Å². The zero-order chi connectivity index (χ0) is 17.3. The van der Waals surface area contributed by atoms with Gasteiger partial charge in [-0.3, -0.25) is 9.88 Å². The van der Waals surface area contributed by atoms with Crippen LogP contribution in [0.4, 0.5) is 0 Å². The molecule has 0 aromatic carbocycles. The third-order valence-corrected chi connectivity index (χ3v) is 7.88. The van der Waals surface area contributed by atoms with Crippen molar-refractivity contribution >= 4 is 9.84 Å². The molecule has 0 aliphatic carbocycles. The molecule has 2 aliphatic heterocycles. The molecule has 0 bridgehead atoms. The van der Waals surface area contributed by atoms with Crippen LogP contribution in [0.1, 0.15) is 12.0 Å². The van der Waals surface area contributed by atoms with Crippen molar-refractivity contribution < 1.29 is 13.2 Å². The van der Waals surface area contributed by atoms with Crippen molar-refractivity contribution in [1.82, 2.24) is 14.9 Å². The Morgan fingerprint density at radius 2 is 2.08 bits per heavy atom. The molecular formula is C18H21N3O3S. The van der Waals surface area contributed by atoms with Crippen molar-refractivity contribution in [2.24, 2.45) is 5.92 Å². The van der Waals surface area contributed by atoms with Gasteiger partial charge in [-0.05, 0) is 24.1 Å². The smallest absolute Gasteiger partial charge is 0.213 e. The maximum atomic E-state index is 12.7. The van der Waals surface area contributed by atoms with E-state index in [1.54, 1.807) is 18.5 Å². The van der Waals surface area contributed by atoms with Crippen LogP contribution < -0.4 is 4.74 Å². The fourth-order valence-electron chi connectivity index (χ4n) is 3.90. The first-order valence-electron chi connectivity index (χ1n) is 8.46. The van der Waals surface area contributed by atoms with Crippen LogP contribution in [0.5, 0.6) is 5.88 Å². The molecule has 6 nitrogen and oxygen atoms in total. The lowest BCUT2D eigenvalue weighted by Crippen LogP contribution is -2.67. The number of hydrogen-bond acceptors (Lipinski definition) is 6. The van der Waals surface area contributed by atoms with E-state index in [2.05, 4.69) is 14.9 Å². The average Bonchev–Trinajstić information content (AvgIpc) is 2.86. The molecule has 0 amide bonds. The minimum absolute atomic E-state index is 0.0182. The Hall–Kier alpha value is -1.99. The summed E-state index contributed by atoms with van der Waals surface area (Å²) in [6.45, 7) is 2.27. The maximum Gasteiger partial charge on any atom is 0.213 e. The predicted octanol–water partition coefficient (Wildman–Crippen LogP) is 1.54. The average molecular weight is 359 g/mol. The molecule has 2 fully saturated rings. The molecule has 2 aromatic rings. The fraction of sp³-hybridized carbons (Fsp3) is 0.444. The van der Waals surface area contributed by atoms with E-state index >= 15 is 0 Å². The van der Waals surface area contributed by atoms with Crippen LogP contribution in [0.15, 0.2) is 48.9 Å². The van der Waals surface area contributed by atoms with E-state index in [0.717, 1.165) is 12.1 Å². The first-order valence-corrected chi connectivity index (χ1v) is 10.1. The highest BCUT2D eigenvalue weighted by Gasteiger charge is 2.61. The van der Waals surface area contributed by atoms with Crippen molar-refractivity contribution in [3.63, 3.8) is 0 Å². The van der Waals surface area contributed by atoms with E-state index in [1.807, 2.05) is 30.5 Å². The van der Waals surface area contributed by atoms with Gasteiger partial charge in [-0.1, -0.05) is 12.1 Å². The lowest BCUT2D eigenvalue weighted by atomic mass is 9.83. The summed E-state index contributed by atoms with van der Waals surface area (Å²) >= 11 is 0. The number of rotatable bonds is 5. The Labute approximate surface area is 147 Å². The van der Waals surface area contributed by atoms with Crippen molar-refractivity contribution in [2.75, 3.05) is 25.4 Å². The van der Waals surface area contributed by atoms with Crippen LogP contribution in [0.2, 0.25) is 0 Å². The summed E-state index contributed by atoms with van der Waals surface area (Å²) in [7, 11) is -3.09. The highest BCUT2D eigenvalue weighted by Crippen LogP contribution is 2.45. The van der Waals surface area contributed by atoms with Gasteiger partial charge < -0.3 is 4.74 Å². The summed E-state index contributed by atoms with van der Waals surface area (Å²) in [6.07, 6.45) is 5.91. The monoisotopic (exact) mass is 359 g/mol. The summed E-state index contributed by atoms with van der Waals surface area (Å²) in [5, 5.41) is 0. The minimum atomic E-state index is -3.09. The third-order valence-electron chi connectivity index (χ3n) is 5.28. The van der Waals surface area contributed by atoms with Crippen LogP contribution >= 0.6 is 0 Å². The van der Waals surface area contributed by atoms with E-state index in [-0.39, 0.29) is 11.7 Å². The van der Waals surface area contributed by atoms with Crippen LogP contribution in [-0.2, 0) is 16.4 Å². The second kappa shape index (κ2) is 6.38. The van der Waals surface area contributed by atoms with Gasteiger partial charge in [0.1, 0.15) is 4.75 Å². The molecule has 132 valence electrons. The van der Waals surface area contributed by atoms with Crippen molar-refractivity contribution in [1.29, 1.82) is 0 Å². The van der Waals surface area contributed by atoms with Gasteiger partial charge in [0.25, 0.3) is 0 Å². The van der Waals surface area contributed by atoms with Gasteiger partial charge in [0, 0.05) is 50.2 Å². The molecule has 4 rings (SSSR count). The third kappa shape index (κ3) is 3.02. The lowest BCUT2D eigenvalue weighted by Gasteiger charge is -2.49. The van der Waals surface area contributed by atoms with Gasteiger partial charge in [-0.15, -0.1) is 0 Å². The van der Waals surface area contributed by atoms with E-state index in [0.29, 0.717) is 32.0 Å². The zero-order valence-electron chi connectivity index (χ0n) is 13.9. The molecule has 2 saturated heterocycles. The molecule has 0 saturated carbocycles. The van der Waals surface area contributed by atoms with E-state index < -0.39 is 14.6 Å². The largest absolute Gasteiger partial charge is 0.477 e. The number of sulfone groups is 1. The fourth-order valence-corrected chi connectivity index (χ4v) is 6.35. The molecule has 2 aliphatic rings. The van der Waals surface area contributed by atoms with E-state index in [9.17, 15) is 8.42 Å². The maximum absolute atomic E-state index is 12.7. The Bertz CT molecular complexity index is 821. The second-order valence-corrected chi connectivity index (χ2v) is 9.31. The van der Waals surface area contributed by atoms with Crippen molar-refractivity contribution in [2.45, 2.75) is 17.7 Å². The van der Waals surface area contributed by atoms with E-state index in [1.165, 1.54) is 0 Å². The predicted molar refractivity (Wildman–Crippen MR) is 93.9 cm³/mol. The summed E-state index contributed by atoms with van der Waals surface area (Å²) in [4.78, 5) is 10.4. The Balaban J connectivity index is 1.43. The highest BCUT2D eigenvalue weighted by molar-refractivity contribution is 7.93. The summed E-state index contributed by atoms with van der Waals surface area (Å²) < 4.78 is 30.5. The molecule has 4 heterocycles. The summed E-state index contributed by atoms with van der Waals surface area (Å²) in [6, 6.07) is 9.41. The van der Waals surface area contributed by atoms with Gasteiger partial charge in [0.2, 0.25) is 5.88 Å². The van der Waals surface area contributed by atoms with Crippen molar-refractivity contribution in [3.05, 3.63) is 54.5 Å². The summed E-state index contributed by atoms with van der Waals surface area (Å²) in [5.41, 5.74) is 1.11. The molecule has 0 unspecified atom stereocenters. The minimum Gasteiger partial charge on any atom is -0.477 e. The number of likely N-dealkylation sites (tertiary alicyclic amines) is 1. The molecule has 2 aromatic heterocycles. The summed E-state index contributed by atoms with van der Waals surface area (Å²) in [5.74, 6) is 0.822. The first-order chi connectivity index (χ1) is 12.1. The van der Waals surface area contributed by atoms with Gasteiger partial charge in [0.05, 0.1) is 12.4 Å². The van der Waals surface area contributed by atoms with E-state index in [4.69, 9.17) is 4.74 Å². The molecule has 7 heteroatoms.